The Bertz CT molecular complexity index is 878. The SMILES string of the molecule is COc1ccc(CCN2C(=O)C(=Cc3ccc(Br)o3)SC2=S)cc1OC. The van der Waals surface area contributed by atoms with Crippen molar-refractivity contribution in [2.45, 2.75) is 6.42 Å². The molecule has 2 aromatic rings. The second-order valence-electron chi connectivity index (χ2n) is 5.41. The number of rotatable bonds is 6. The lowest BCUT2D eigenvalue weighted by atomic mass is 10.1. The Morgan fingerprint density at radius 2 is 2.00 bits per heavy atom. The Morgan fingerprint density at radius 3 is 2.65 bits per heavy atom. The smallest absolute Gasteiger partial charge is 0.266 e. The van der Waals surface area contributed by atoms with Gasteiger partial charge in [0.25, 0.3) is 5.91 Å². The lowest BCUT2D eigenvalue weighted by Gasteiger charge is -2.15. The number of furan rings is 1. The van der Waals surface area contributed by atoms with Gasteiger partial charge in [0.15, 0.2) is 16.2 Å². The van der Waals surface area contributed by atoms with Gasteiger partial charge in [-0.3, -0.25) is 9.69 Å². The van der Waals surface area contributed by atoms with Gasteiger partial charge >= 0.3 is 0 Å². The normalized spacial score (nSPS) is 15.8. The summed E-state index contributed by atoms with van der Waals surface area (Å²) in [4.78, 5) is 14.8. The van der Waals surface area contributed by atoms with Crippen LogP contribution in [0.2, 0.25) is 0 Å². The third-order valence-electron chi connectivity index (χ3n) is 3.81. The van der Waals surface area contributed by atoms with Crippen molar-refractivity contribution >= 4 is 56.2 Å². The number of amides is 1. The van der Waals surface area contributed by atoms with Crippen LogP contribution < -0.4 is 9.47 Å². The van der Waals surface area contributed by atoms with Gasteiger partial charge in [-0.2, -0.15) is 0 Å². The Balaban J connectivity index is 1.69. The average molecular weight is 454 g/mol. The fourth-order valence-corrected chi connectivity index (χ4v) is 4.11. The summed E-state index contributed by atoms with van der Waals surface area (Å²) in [7, 11) is 3.20. The number of hydrogen-bond donors (Lipinski definition) is 0. The number of halogens is 1. The number of nitrogens with zero attached hydrogens (tertiary/aromatic N) is 1. The molecule has 0 radical (unpaired) electrons. The molecule has 1 aromatic carbocycles. The lowest BCUT2D eigenvalue weighted by molar-refractivity contribution is -0.122. The maximum absolute atomic E-state index is 12.6. The highest BCUT2D eigenvalue weighted by atomic mass is 79.9. The molecule has 0 aliphatic carbocycles. The van der Waals surface area contributed by atoms with Crippen LogP contribution in [0.1, 0.15) is 11.3 Å². The molecule has 0 atom stereocenters. The highest BCUT2D eigenvalue weighted by Gasteiger charge is 2.32. The maximum Gasteiger partial charge on any atom is 0.266 e. The van der Waals surface area contributed by atoms with E-state index in [0.29, 0.717) is 44.1 Å². The third-order valence-corrected chi connectivity index (χ3v) is 5.62. The molecule has 0 unspecified atom stereocenters. The van der Waals surface area contributed by atoms with Gasteiger partial charge in [-0.05, 0) is 52.2 Å². The van der Waals surface area contributed by atoms with E-state index in [4.69, 9.17) is 26.1 Å². The lowest BCUT2D eigenvalue weighted by Crippen LogP contribution is -2.30. The van der Waals surface area contributed by atoms with Gasteiger partial charge in [0.2, 0.25) is 0 Å². The molecule has 26 heavy (non-hydrogen) atoms. The number of thiocarbonyl (C=S) groups is 1. The van der Waals surface area contributed by atoms with Crippen LogP contribution in [0.5, 0.6) is 11.5 Å². The summed E-state index contributed by atoms with van der Waals surface area (Å²) in [5.41, 5.74) is 1.04. The van der Waals surface area contributed by atoms with Crippen LogP contribution in [0, 0.1) is 0 Å². The van der Waals surface area contributed by atoms with Crippen molar-refractivity contribution in [2.24, 2.45) is 0 Å². The Labute approximate surface area is 169 Å². The van der Waals surface area contributed by atoms with Crippen LogP contribution in [-0.4, -0.2) is 35.9 Å². The van der Waals surface area contributed by atoms with Gasteiger partial charge in [0.1, 0.15) is 10.1 Å². The van der Waals surface area contributed by atoms with E-state index >= 15 is 0 Å². The van der Waals surface area contributed by atoms with Crippen molar-refractivity contribution in [3.63, 3.8) is 0 Å². The molecule has 0 saturated carbocycles. The van der Waals surface area contributed by atoms with Crippen LogP contribution in [0.25, 0.3) is 6.08 Å². The first-order valence-electron chi connectivity index (χ1n) is 7.73. The zero-order chi connectivity index (χ0) is 18.7. The number of carbonyl (C=O) groups is 1. The van der Waals surface area contributed by atoms with E-state index in [1.54, 1.807) is 37.3 Å². The Kier molecular flexibility index (Phi) is 6.05. The number of ether oxygens (including phenoxy) is 2. The number of hydrogen-bond acceptors (Lipinski definition) is 6. The molecule has 1 aliphatic rings. The second kappa shape index (κ2) is 8.28. The van der Waals surface area contributed by atoms with Crippen molar-refractivity contribution in [3.05, 3.63) is 51.2 Å². The van der Waals surface area contributed by atoms with E-state index in [1.165, 1.54) is 11.8 Å². The van der Waals surface area contributed by atoms with E-state index in [-0.39, 0.29) is 5.91 Å². The molecule has 1 amide bonds. The largest absolute Gasteiger partial charge is 0.493 e. The average Bonchev–Trinajstić information content (AvgIpc) is 3.16. The number of methoxy groups -OCH3 is 2. The minimum Gasteiger partial charge on any atom is -0.493 e. The zero-order valence-corrected chi connectivity index (χ0v) is 17.4. The summed E-state index contributed by atoms with van der Waals surface area (Å²) in [6, 6.07) is 9.29. The molecule has 2 heterocycles. The van der Waals surface area contributed by atoms with Gasteiger partial charge in [0, 0.05) is 12.6 Å². The van der Waals surface area contributed by atoms with Crippen LogP contribution in [0.15, 0.2) is 44.3 Å². The van der Waals surface area contributed by atoms with Crippen LogP contribution >= 0.6 is 39.9 Å². The molecule has 0 spiro atoms. The molecule has 0 N–H and O–H groups in total. The summed E-state index contributed by atoms with van der Waals surface area (Å²) in [6.45, 7) is 0.499. The first kappa shape index (κ1) is 19.0. The van der Waals surface area contributed by atoms with Crippen molar-refractivity contribution in [2.75, 3.05) is 20.8 Å². The molecule has 8 heteroatoms. The summed E-state index contributed by atoms with van der Waals surface area (Å²) < 4.78 is 17.2. The van der Waals surface area contributed by atoms with Crippen molar-refractivity contribution in [1.82, 2.24) is 4.90 Å². The van der Waals surface area contributed by atoms with Gasteiger partial charge in [-0.1, -0.05) is 30.0 Å². The van der Waals surface area contributed by atoms with E-state index in [1.807, 2.05) is 18.2 Å². The summed E-state index contributed by atoms with van der Waals surface area (Å²) in [5.74, 6) is 1.85. The van der Waals surface area contributed by atoms with Crippen molar-refractivity contribution in [3.8, 4) is 11.5 Å². The van der Waals surface area contributed by atoms with Crippen LogP contribution in [-0.2, 0) is 11.2 Å². The predicted molar refractivity (Wildman–Crippen MR) is 110 cm³/mol. The third kappa shape index (κ3) is 4.13. The van der Waals surface area contributed by atoms with E-state index in [0.717, 1.165) is 5.56 Å². The second-order valence-corrected chi connectivity index (χ2v) is 7.87. The number of benzene rings is 1. The summed E-state index contributed by atoms with van der Waals surface area (Å²) in [5, 5.41) is 0. The summed E-state index contributed by atoms with van der Waals surface area (Å²) >= 11 is 9.90. The Hall–Kier alpha value is -1.77. The van der Waals surface area contributed by atoms with Gasteiger partial charge in [-0.25, -0.2) is 0 Å². The van der Waals surface area contributed by atoms with Gasteiger partial charge in [0.05, 0.1) is 19.1 Å². The molecular weight excluding hydrogens is 438 g/mol. The standard InChI is InChI=1S/C18H16BrNO4S2/c1-22-13-5-3-11(9-14(13)23-2)7-8-20-17(21)15(26-18(20)25)10-12-4-6-16(19)24-12/h3-6,9-10H,7-8H2,1-2H3. The Morgan fingerprint density at radius 1 is 1.23 bits per heavy atom. The zero-order valence-electron chi connectivity index (χ0n) is 14.2. The molecular formula is C18H16BrNO4S2. The minimum atomic E-state index is -0.104. The van der Waals surface area contributed by atoms with E-state index in [2.05, 4.69) is 15.9 Å². The van der Waals surface area contributed by atoms with Crippen LogP contribution in [0.4, 0.5) is 0 Å². The van der Waals surface area contributed by atoms with Crippen molar-refractivity contribution < 1.29 is 18.7 Å². The van der Waals surface area contributed by atoms with E-state index < -0.39 is 0 Å². The maximum atomic E-state index is 12.6. The molecule has 3 rings (SSSR count). The van der Waals surface area contributed by atoms with Gasteiger partial charge in [-0.15, -0.1) is 0 Å². The van der Waals surface area contributed by atoms with Gasteiger partial charge < -0.3 is 13.9 Å². The predicted octanol–water partition coefficient (Wildman–Crippen LogP) is 4.50. The highest BCUT2D eigenvalue weighted by molar-refractivity contribution is 9.10. The monoisotopic (exact) mass is 453 g/mol. The minimum absolute atomic E-state index is 0.104. The highest BCUT2D eigenvalue weighted by Crippen LogP contribution is 2.34. The van der Waals surface area contributed by atoms with E-state index in [9.17, 15) is 4.79 Å². The first-order valence-corrected chi connectivity index (χ1v) is 9.75. The molecule has 1 aliphatic heterocycles. The van der Waals surface area contributed by atoms with Crippen LogP contribution in [0.3, 0.4) is 0 Å². The first-order chi connectivity index (χ1) is 12.5. The topological polar surface area (TPSA) is 51.9 Å². The fourth-order valence-electron chi connectivity index (χ4n) is 2.50. The fraction of sp³-hybridized carbons (Fsp3) is 0.222. The molecule has 1 saturated heterocycles. The molecule has 1 fully saturated rings. The molecule has 5 nitrogen and oxygen atoms in total. The number of thioether (sulfide) groups is 1. The molecule has 136 valence electrons. The molecule has 0 bridgehead atoms. The molecule has 1 aromatic heterocycles. The number of carbonyl (C=O) groups excluding carboxylic acids is 1. The van der Waals surface area contributed by atoms with Crippen molar-refractivity contribution in [1.29, 1.82) is 0 Å². The summed E-state index contributed by atoms with van der Waals surface area (Å²) in [6.07, 6.45) is 2.37. The quantitative estimate of drug-likeness (QED) is 0.473.